The standard InChI is InChI=1S/C33H22N4O8/c38-26(18-9-13-20(14-10-18)36(42)43)17-34(31(39)19-11-15-21(16-12-19)37(44)45)35-32(40)29-27-22-5-1-2-6-23(22)28(30(29)33(35)41)25-8-4-3-7-24(25)27/h1-16,27-30H,17H2/t27?,28?,29-,30+. The van der Waals surface area contributed by atoms with Crippen molar-refractivity contribution < 1.29 is 29.0 Å². The van der Waals surface area contributed by atoms with Crippen LogP contribution in [0.5, 0.6) is 0 Å². The molecule has 0 N–H and O–H groups in total. The molecule has 3 aliphatic carbocycles. The molecule has 0 spiro atoms. The van der Waals surface area contributed by atoms with Gasteiger partial charge in [0.2, 0.25) is 0 Å². The van der Waals surface area contributed by atoms with Crippen LogP contribution in [0.1, 0.15) is 54.8 Å². The number of amides is 3. The zero-order valence-corrected chi connectivity index (χ0v) is 23.3. The van der Waals surface area contributed by atoms with Crippen molar-refractivity contribution in [3.8, 4) is 0 Å². The molecule has 4 aromatic rings. The molecule has 3 amide bonds. The van der Waals surface area contributed by atoms with Gasteiger partial charge in [0.25, 0.3) is 29.1 Å². The lowest BCUT2D eigenvalue weighted by Crippen LogP contribution is -2.52. The van der Waals surface area contributed by atoms with Crippen molar-refractivity contribution in [2.45, 2.75) is 11.8 Å². The van der Waals surface area contributed by atoms with E-state index in [-0.39, 0.29) is 22.5 Å². The molecule has 0 radical (unpaired) electrons. The average Bonchev–Trinajstić information content (AvgIpc) is 3.32. The minimum absolute atomic E-state index is 0.0264. The fourth-order valence-corrected chi connectivity index (χ4v) is 7.00. The minimum Gasteiger partial charge on any atom is -0.292 e. The molecule has 4 aromatic carbocycles. The summed E-state index contributed by atoms with van der Waals surface area (Å²) < 4.78 is 0. The quantitative estimate of drug-likeness (QED) is 0.128. The molecule has 12 nitrogen and oxygen atoms in total. The Labute approximate surface area is 254 Å². The monoisotopic (exact) mass is 602 g/mol. The molecule has 4 aliphatic rings. The van der Waals surface area contributed by atoms with Crippen LogP contribution in [0.2, 0.25) is 0 Å². The van der Waals surface area contributed by atoms with E-state index in [1.807, 2.05) is 48.5 Å². The highest BCUT2D eigenvalue weighted by molar-refractivity contribution is 6.11. The fraction of sp³-hybridized carbons (Fsp3) is 0.152. The first-order valence-corrected chi connectivity index (χ1v) is 14.1. The Kier molecular flexibility index (Phi) is 6.36. The van der Waals surface area contributed by atoms with E-state index in [4.69, 9.17) is 0 Å². The summed E-state index contributed by atoms with van der Waals surface area (Å²) in [7, 11) is 0. The third kappa shape index (κ3) is 4.21. The lowest BCUT2D eigenvalue weighted by Gasteiger charge is -2.45. The molecule has 1 fully saturated rings. The predicted molar refractivity (Wildman–Crippen MR) is 157 cm³/mol. The summed E-state index contributed by atoms with van der Waals surface area (Å²) in [4.78, 5) is 77.3. The molecule has 1 aliphatic heterocycles. The number of nitro groups is 2. The predicted octanol–water partition coefficient (Wildman–Crippen LogP) is 4.64. The Balaban J connectivity index is 1.30. The molecule has 1 heterocycles. The molecular formula is C33H22N4O8. The normalized spacial score (nSPS) is 20.7. The fourth-order valence-electron chi connectivity index (χ4n) is 7.00. The molecule has 222 valence electrons. The summed E-state index contributed by atoms with van der Waals surface area (Å²) in [5.41, 5.74) is 3.16. The SMILES string of the molecule is O=C(CN(C(=O)c1ccc([N+](=O)[O-])cc1)N1C(=O)[C@@H]2C3c4ccccc4C(c4ccccc43)[C@@H]2C1=O)c1ccc([N+](=O)[O-])cc1. The summed E-state index contributed by atoms with van der Waals surface area (Å²) in [6, 6.07) is 24.6. The van der Waals surface area contributed by atoms with Crippen LogP contribution in [-0.4, -0.2) is 49.9 Å². The lowest BCUT2D eigenvalue weighted by molar-refractivity contribution is -0.385. The molecule has 2 atom stereocenters. The van der Waals surface area contributed by atoms with E-state index < -0.39 is 63.6 Å². The topological polar surface area (TPSA) is 161 Å². The summed E-state index contributed by atoms with van der Waals surface area (Å²) >= 11 is 0. The second-order valence-corrected chi connectivity index (χ2v) is 11.1. The summed E-state index contributed by atoms with van der Waals surface area (Å²) in [6.07, 6.45) is 0. The maximum absolute atomic E-state index is 14.4. The third-order valence-corrected chi connectivity index (χ3v) is 8.92. The molecule has 0 unspecified atom stereocenters. The van der Waals surface area contributed by atoms with Crippen LogP contribution < -0.4 is 0 Å². The number of hydrogen-bond donors (Lipinski definition) is 0. The zero-order valence-electron chi connectivity index (χ0n) is 23.3. The van der Waals surface area contributed by atoms with Gasteiger partial charge in [-0.25, -0.2) is 5.01 Å². The molecule has 0 aromatic heterocycles. The first-order valence-electron chi connectivity index (χ1n) is 14.1. The van der Waals surface area contributed by atoms with Crippen LogP contribution in [0.3, 0.4) is 0 Å². The van der Waals surface area contributed by atoms with E-state index in [1.165, 1.54) is 24.3 Å². The number of hydrogen-bond acceptors (Lipinski definition) is 8. The van der Waals surface area contributed by atoms with Crippen LogP contribution in [0.15, 0.2) is 97.1 Å². The Hall–Kier alpha value is -6.04. The minimum atomic E-state index is -0.886. The number of hydrazine groups is 1. The molecule has 8 rings (SSSR count). The second kappa shape index (κ2) is 10.3. The van der Waals surface area contributed by atoms with Crippen molar-refractivity contribution in [1.29, 1.82) is 0 Å². The van der Waals surface area contributed by atoms with E-state index in [9.17, 15) is 39.4 Å². The van der Waals surface area contributed by atoms with Gasteiger partial charge in [0, 0.05) is 47.2 Å². The number of carbonyl (C=O) groups is 4. The van der Waals surface area contributed by atoms with E-state index in [0.717, 1.165) is 56.5 Å². The highest BCUT2D eigenvalue weighted by atomic mass is 16.6. The van der Waals surface area contributed by atoms with Gasteiger partial charge in [0.15, 0.2) is 5.78 Å². The Morgan fingerprint density at radius 1 is 0.622 bits per heavy atom. The summed E-state index contributed by atoms with van der Waals surface area (Å²) in [5, 5.41) is 23.9. The number of benzene rings is 4. The number of imide groups is 1. The van der Waals surface area contributed by atoms with Crippen LogP contribution in [0.25, 0.3) is 0 Å². The number of carbonyl (C=O) groups excluding carboxylic acids is 4. The molecule has 1 saturated heterocycles. The maximum atomic E-state index is 14.4. The Morgan fingerprint density at radius 2 is 1.00 bits per heavy atom. The van der Waals surface area contributed by atoms with Gasteiger partial charge in [0.05, 0.1) is 21.7 Å². The number of ketones is 1. The van der Waals surface area contributed by atoms with Gasteiger partial charge in [-0.2, -0.15) is 5.01 Å². The zero-order chi connectivity index (χ0) is 31.6. The van der Waals surface area contributed by atoms with Gasteiger partial charge in [-0.1, -0.05) is 48.5 Å². The highest BCUT2D eigenvalue weighted by Gasteiger charge is 2.63. The number of non-ortho nitro benzene ring substituents is 2. The Bertz CT molecular complexity index is 1840. The van der Waals surface area contributed by atoms with Gasteiger partial charge in [-0.15, -0.1) is 0 Å². The van der Waals surface area contributed by atoms with Crippen molar-refractivity contribution in [3.63, 3.8) is 0 Å². The molecule has 0 saturated carbocycles. The molecule has 45 heavy (non-hydrogen) atoms. The summed E-state index contributed by atoms with van der Waals surface area (Å²) in [5.74, 6) is -5.37. The summed E-state index contributed by atoms with van der Waals surface area (Å²) in [6.45, 7) is -0.736. The van der Waals surface area contributed by atoms with Gasteiger partial charge >= 0.3 is 0 Å². The van der Waals surface area contributed by atoms with Gasteiger partial charge in [-0.05, 0) is 46.5 Å². The third-order valence-electron chi connectivity index (χ3n) is 8.92. The van der Waals surface area contributed by atoms with Gasteiger partial charge < -0.3 is 0 Å². The molecule has 12 heteroatoms. The van der Waals surface area contributed by atoms with E-state index in [2.05, 4.69) is 0 Å². The van der Waals surface area contributed by atoms with E-state index in [0.29, 0.717) is 0 Å². The van der Waals surface area contributed by atoms with Gasteiger partial charge in [0.1, 0.15) is 6.54 Å². The van der Waals surface area contributed by atoms with E-state index in [1.54, 1.807) is 0 Å². The van der Waals surface area contributed by atoms with Crippen LogP contribution in [0.4, 0.5) is 11.4 Å². The van der Waals surface area contributed by atoms with Crippen molar-refractivity contribution in [1.82, 2.24) is 10.0 Å². The van der Waals surface area contributed by atoms with Crippen LogP contribution >= 0.6 is 0 Å². The average molecular weight is 603 g/mol. The maximum Gasteiger partial charge on any atom is 0.273 e. The number of nitrogens with zero attached hydrogens (tertiary/aromatic N) is 4. The first kappa shape index (κ1) is 27.8. The van der Waals surface area contributed by atoms with Gasteiger partial charge in [-0.3, -0.25) is 39.4 Å². The van der Waals surface area contributed by atoms with Crippen LogP contribution in [-0.2, 0) is 9.59 Å². The van der Waals surface area contributed by atoms with Crippen molar-refractivity contribution in [2.75, 3.05) is 6.54 Å². The van der Waals surface area contributed by atoms with Crippen molar-refractivity contribution >= 4 is 34.9 Å². The Morgan fingerprint density at radius 3 is 1.38 bits per heavy atom. The number of rotatable bonds is 7. The molecular weight excluding hydrogens is 580 g/mol. The van der Waals surface area contributed by atoms with Crippen molar-refractivity contribution in [2.24, 2.45) is 11.8 Å². The second-order valence-electron chi connectivity index (χ2n) is 11.1. The number of nitro benzene ring substituents is 2. The molecule has 2 bridgehead atoms. The largest absolute Gasteiger partial charge is 0.292 e. The smallest absolute Gasteiger partial charge is 0.273 e. The lowest BCUT2D eigenvalue weighted by atomic mass is 9.55. The number of Topliss-reactive ketones (excluding diaryl/α,β-unsaturated/α-hetero) is 1. The van der Waals surface area contributed by atoms with E-state index >= 15 is 0 Å². The first-order chi connectivity index (χ1) is 21.7. The van der Waals surface area contributed by atoms with Crippen LogP contribution in [0, 0.1) is 32.1 Å². The highest BCUT2D eigenvalue weighted by Crippen LogP contribution is 2.61. The van der Waals surface area contributed by atoms with Crippen molar-refractivity contribution in [3.05, 3.63) is 151 Å².